The number of benzene rings is 1. The molecule has 2 aliphatic rings. The number of nitrogens with zero attached hydrogens (tertiary/aromatic N) is 1. The summed E-state index contributed by atoms with van der Waals surface area (Å²) in [5.74, 6) is -2.92. The third kappa shape index (κ3) is 7.08. The summed E-state index contributed by atoms with van der Waals surface area (Å²) < 4.78 is 14.8. The number of aromatic hydroxyl groups is 1. The lowest BCUT2D eigenvalue weighted by Crippen LogP contribution is -2.80. The maximum Gasteiger partial charge on any atom is 0.404 e. The SMILES string of the molecule is CO[C@@]1(NC(=O)Cc2cccs2)C(=O)N2C(C(=O)O)=C(COC(N)=O)CS[C@@H]21.COc1cc(CC(=O)O)ccc1O. The fourth-order valence-corrected chi connectivity index (χ4v) is 6.17. The third-order valence-corrected chi connectivity index (χ3v) is 8.11. The summed E-state index contributed by atoms with van der Waals surface area (Å²) >= 11 is 2.60. The molecule has 3 amide bonds. The molecule has 14 nitrogen and oxygen atoms in total. The predicted molar refractivity (Wildman–Crippen MR) is 145 cm³/mol. The molecule has 0 radical (unpaired) electrons. The first-order chi connectivity index (χ1) is 19.4. The number of rotatable bonds is 10. The Balaban J connectivity index is 0.000000298. The van der Waals surface area contributed by atoms with Crippen LogP contribution in [0.15, 0.2) is 47.0 Å². The van der Waals surface area contributed by atoms with Gasteiger partial charge < -0.3 is 40.6 Å². The van der Waals surface area contributed by atoms with Crippen LogP contribution in [0.4, 0.5) is 4.79 Å². The van der Waals surface area contributed by atoms with Crippen molar-refractivity contribution in [3.8, 4) is 11.5 Å². The number of phenolic OH excluding ortho intramolecular Hbond substituents is 1. The van der Waals surface area contributed by atoms with E-state index in [4.69, 9.17) is 20.3 Å². The molecule has 41 heavy (non-hydrogen) atoms. The number of carbonyl (C=O) groups excluding carboxylic acids is 3. The molecule has 0 aliphatic carbocycles. The topological polar surface area (TPSA) is 215 Å². The number of nitrogens with two attached hydrogens (primary N) is 1. The van der Waals surface area contributed by atoms with Gasteiger partial charge in [-0.25, -0.2) is 9.59 Å². The van der Waals surface area contributed by atoms with Crippen molar-refractivity contribution in [2.45, 2.75) is 23.9 Å². The number of fused-ring (bicyclic) bond motifs is 1. The Morgan fingerprint density at radius 3 is 2.46 bits per heavy atom. The molecule has 1 aromatic carbocycles. The van der Waals surface area contributed by atoms with E-state index in [0.717, 1.165) is 9.78 Å². The van der Waals surface area contributed by atoms with Gasteiger partial charge in [-0.15, -0.1) is 23.1 Å². The first kappa shape index (κ1) is 31.3. The Morgan fingerprint density at radius 2 is 1.90 bits per heavy atom. The number of primary amides is 1. The van der Waals surface area contributed by atoms with Gasteiger partial charge in [0.1, 0.15) is 17.7 Å². The second-order valence-electron chi connectivity index (χ2n) is 8.52. The van der Waals surface area contributed by atoms with Gasteiger partial charge in [-0.05, 0) is 29.1 Å². The van der Waals surface area contributed by atoms with E-state index in [2.05, 4.69) is 10.1 Å². The summed E-state index contributed by atoms with van der Waals surface area (Å²) in [6, 6.07) is 8.07. The van der Waals surface area contributed by atoms with E-state index < -0.39 is 40.9 Å². The Morgan fingerprint density at radius 1 is 1.17 bits per heavy atom. The maximum atomic E-state index is 12.8. The standard InChI is InChI=1S/C16H17N3O7S2.C9H10O4/c1-25-16(18-10(20)5-9-3-2-4-27-9)13(23)19-11(12(21)22)8(6-26-15(17)24)7-28-14(16)19;1-13-8-4-6(5-9(11)12)2-3-7(8)10/h2-4,14H,5-7H2,1H3,(H2,17,24)(H,18,20)(H,21,22);2-4,10H,5H2,1H3,(H,11,12)/t14-,16+;/m1./s1. The van der Waals surface area contributed by atoms with Crippen LogP contribution in [0.25, 0.3) is 0 Å². The molecule has 0 saturated carbocycles. The van der Waals surface area contributed by atoms with Gasteiger partial charge in [-0.3, -0.25) is 19.3 Å². The molecule has 0 spiro atoms. The molecule has 0 bridgehead atoms. The summed E-state index contributed by atoms with van der Waals surface area (Å²) in [7, 11) is 2.69. The minimum atomic E-state index is -1.66. The van der Waals surface area contributed by atoms with Crippen molar-refractivity contribution in [2.24, 2.45) is 5.73 Å². The van der Waals surface area contributed by atoms with Crippen LogP contribution in [0.2, 0.25) is 0 Å². The second kappa shape index (κ2) is 13.4. The van der Waals surface area contributed by atoms with Crippen molar-refractivity contribution in [3.63, 3.8) is 0 Å². The molecule has 2 atom stereocenters. The average molecular weight is 610 g/mol. The number of nitrogens with one attached hydrogen (secondary N) is 1. The molecule has 1 saturated heterocycles. The van der Waals surface area contributed by atoms with Crippen LogP contribution < -0.4 is 15.8 Å². The van der Waals surface area contributed by atoms with Crippen LogP contribution in [-0.2, 0) is 41.5 Å². The van der Waals surface area contributed by atoms with E-state index in [1.165, 1.54) is 49.5 Å². The van der Waals surface area contributed by atoms with Crippen molar-refractivity contribution in [1.82, 2.24) is 10.2 Å². The Hall–Kier alpha value is -4.28. The quantitative estimate of drug-likeness (QED) is 0.189. The van der Waals surface area contributed by atoms with E-state index in [9.17, 15) is 34.2 Å². The van der Waals surface area contributed by atoms with E-state index >= 15 is 0 Å². The average Bonchev–Trinajstić information content (AvgIpc) is 3.43. The highest BCUT2D eigenvalue weighted by Gasteiger charge is 2.66. The number of thioether (sulfide) groups is 1. The third-order valence-electron chi connectivity index (χ3n) is 5.86. The highest BCUT2D eigenvalue weighted by atomic mass is 32.2. The van der Waals surface area contributed by atoms with E-state index in [0.29, 0.717) is 11.3 Å². The lowest BCUT2D eigenvalue weighted by atomic mass is 9.98. The van der Waals surface area contributed by atoms with Gasteiger partial charge in [0.15, 0.2) is 11.5 Å². The fraction of sp³-hybridized carbons (Fsp3) is 0.320. The molecule has 6 N–H and O–H groups in total. The molecule has 220 valence electrons. The van der Waals surface area contributed by atoms with Crippen molar-refractivity contribution < 1.29 is 53.5 Å². The van der Waals surface area contributed by atoms with Gasteiger partial charge in [-0.1, -0.05) is 12.1 Å². The summed E-state index contributed by atoms with van der Waals surface area (Å²) in [4.78, 5) is 60.0. The van der Waals surface area contributed by atoms with Gasteiger partial charge in [-0.2, -0.15) is 0 Å². The van der Waals surface area contributed by atoms with Crippen molar-refractivity contribution >= 4 is 52.9 Å². The van der Waals surface area contributed by atoms with Crippen LogP contribution in [0.1, 0.15) is 10.4 Å². The number of hydrogen-bond donors (Lipinski definition) is 5. The number of thiophene rings is 1. The zero-order valence-electron chi connectivity index (χ0n) is 21.8. The second-order valence-corrected chi connectivity index (χ2v) is 10.6. The summed E-state index contributed by atoms with van der Waals surface area (Å²) in [5.41, 5.74) is 3.80. The van der Waals surface area contributed by atoms with Gasteiger partial charge in [0.05, 0.1) is 20.0 Å². The van der Waals surface area contributed by atoms with E-state index in [1.807, 2.05) is 11.4 Å². The smallest absolute Gasteiger partial charge is 0.404 e. The van der Waals surface area contributed by atoms with E-state index in [-0.39, 0.29) is 42.2 Å². The van der Waals surface area contributed by atoms with Crippen molar-refractivity contribution in [1.29, 1.82) is 0 Å². The van der Waals surface area contributed by atoms with Crippen molar-refractivity contribution in [3.05, 3.63) is 57.4 Å². The predicted octanol–water partition coefficient (Wildman–Crippen LogP) is 1.13. The van der Waals surface area contributed by atoms with Crippen molar-refractivity contribution in [2.75, 3.05) is 26.6 Å². The number of phenols is 1. The van der Waals surface area contributed by atoms with Crippen LogP contribution >= 0.6 is 23.1 Å². The number of carbonyl (C=O) groups is 5. The monoisotopic (exact) mass is 609 g/mol. The minimum Gasteiger partial charge on any atom is -0.504 e. The largest absolute Gasteiger partial charge is 0.504 e. The first-order valence-corrected chi connectivity index (χ1v) is 13.6. The number of β-lactam (4-membered cyclic amide) rings is 1. The maximum absolute atomic E-state index is 12.8. The zero-order chi connectivity index (χ0) is 30.3. The Kier molecular flexibility index (Phi) is 10.2. The van der Waals surface area contributed by atoms with Crippen LogP contribution in [0.5, 0.6) is 11.5 Å². The van der Waals surface area contributed by atoms with Crippen LogP contribution in [0.3, 0.4) is 0 Å². The lowest BCUT2D eigenvalue weighted by Gasteiger charge is -2.55. The van der Waals surface area contributed by atoms with Gasteiger partial charge in [0, 0.05) is 23.3 Å². The number of methoxy groups -OCH3 is 2. The molecule has 4 rings (SSSR count). The number of hydrogen-bond acceptors (Lipinski definition) is 11. The molecular weight excluding hydrogens is 582 g/mol. The summed E-state index contributed by atoms with van der Waals surface area (Å²) in [6.45, 7) is -0.342. The van der Waals surface area contributed by atoms with Crippen LogP contribution in [-0.4, -0.2) is 87.7 Å². The number of aliphatic carboxylic acids is 2. The number of amides is 3. The number of carboxylic acid groups (broad SMARTS) is 2. The first-order valence-electron chi connectivity index (χ1n) is 11.7. The van der Waals surface area contributed by atoms with Crippen LogP contribution in [0, 0.1) is 0 Å². The Bertz CT molecular complexity index is 1360. The molecular formula is C25H27N3O11S2. The zero-order valence-corrected chi connectivity index (χ0v) is 23.5. The number of carboxylic acids is 2. The highest BCUT2D eigenvalue weighted by Crippen LogP contribution is 2.46. The fourth-order valence-electron chi connectivity index (χ4n) is 4.04. The van der Waals surface area contributed by atoms with Gasteiger partial charge in [0.25, 0.3) is 11.6 Å². The molecule has 1 fully saturated rings. The lowest BCUT2D eigenvalue weighted by molar-refractivity contribution is -0.192. The normalized spacial score (nSPS) is 19.2. The summed E-state index contributed by atoms with van der Waals surface area (Å²) in [6.07, 6.45) is -1.05. The molecule has 2 aromatic rings. The molecule has 2 aliphatic heterocycles. The Labute approximate surface area is 241 Å². The molecule has 1 aromatic heterocycles. The van der Waals surface area contributed by atoms with E-state index in [1.54, 1.807) is 12.1 Å². The minimum absolute atomic E-state index is 0.0108. The highest BCUT2D eigenvalue weighted by molar-refractivity contribution is 8.00. The summed E-state index contributed by atoms with van der Waals surface area (Å²) in [5, 5.41) is 30.9. The molecule has 0 unspecified atom stereocenters. The van der Waals surface area contributed by atoms with Gasteiger partial charge in [0.2, 0.25) is 5.91 Å². The molecule has 16 heteroatoms. The number of ether oxygens (including phenoxy) is 3. The molecule has 3 heterocycles. The van der Waals surface area contributed by atoms with Gasteiger partial charge >= 0.3 is 18.0 Å².